The zero-order valence-corrected chi connectivity index (χ0v) is 22.0. The van der Waals surface area contributed by atoms with Gasteiger partial charge in [0, 0.05) is 12.6 Å². The van der Waals surface area contributed by atoms with Gasteiger partial charge in [-0.3, -0.25) is 13.9 Å². The average Bonchev–Trinajstić information content (AvgIpc) is 2.86. The SMILES string of the molecule is CC(C(=O)NC1CCCCC1)N(Cc1ccc(F)cc1)C(=O)CN(c1cccc(C(F)(F)F)c1)S(C)(=O)=O. The Kier molecular flexibility index (Phi) is 9.40. The van der Waals surface area contributed by atoms with Crippen molar-refractivity contribution in [1.29, 1.82) is 0 Å². The second-order valence-corrected chi connectivity index (χ2v) is 11.4. The monoisotopic (exact) mass is 557 g/mol. The number of hydrogen-bond donors (Lipinski definition) is 1. The zero-order chi connectivity index (χ0) is 28.1. The molecule has 0 saturated heterocycles. The van der Waals surface area contributed by atoms with Gasteiger partial charge in [-0.2, -0.15) is 13.2 Å². The summed E-state index contributed by atoms with van der Waals surface area (Å²) < 4.78 is 78.9. The summed E-state index contributed by atoms with van der Waals surface area (Å²) in [5.41, 5.74) is -0.918. The molecule has 1 fully saturated rings. The molecule has 0 radical (unpaired) electrons. The van der Waals surface area contributed by atoms with Crippen molar-refractivity contribution in [2.45, 2.75) is 63.8 Å². The molecule has 0 heterocycles. The zero-order valence-electron chi connectivity index (χ0n) is 21.2. The van der Waals surface area contributed by atoms with E-state index in [1.807, 2.05) is 0 Å². The highest BCUT2D eigenvalue weighted by Gasteiger charge is 2.34. The third kappa shape index (κ3) is 7.92. The first-order valence-corrected chi connectivity index (χ1v) is 14.1. The smallest absolute Gasteiger partial charge is 0.352 e. The lowest BCUT2D eigenvalue weighted by Crippen LogP contribution is -2.53. The van der Waals surface area contributed by atoms with Crippen molar-refractivity contribution in [1.82, 2.24) is 10.2 Å². The van der Waals surface area contributed by atoms with Crippen molar-refractivity contribution >= 4 is 27.5 Å². The average molecular weight is 558 g/mol. The first-order chi connectivity index (χ1) is 17.8. The highest BCUT2D eigenvalue weighted by molar-refractivity contribution is 7.92. The van der Waals surface area contributed by atoms with E-state index in [4.69, 9.17) is 0 Å². The summed E-state index contributed by atoms with van der Waals surface area (Å²) >= 11 is 0. The van der Waals surface area contributed by atoms with E-state index in [1.54, 1.807) is 0 Å². The number of carbonyl (C=O) groups excluding carboxylic acids is 2. The fraction of sp³-hybridized carbons (Fsp3) is 0.462. The number of nitrogens with one attached hydrogen (secondary N) is 1. The van der Waals surface area contributed by atoms with Gasteiger partial charge in [0.2, 0.25) is 21.8 Å². The maximum Gasteiger partial charge on any atom is 0.416 e. The van der Waals surface area contributed by atoms with Gasteiger partial charge in [-0.1, -0.05) is 37.5 Å². The number of alkyl halides is 3. The molecule has 7 nitrogen and oxygen atoms in total. The standard InChI is InChI=1S/C26H31F4N3O4S/c1-18(25(35)31-22-8-4-3-5-9-22)32(16-19-11-13-21(27)14-12-19)24(34)17-33(38(2,36)37)23-10-6-7-20(15-23)26(28,29)30/h6-7,10-15,18,22H,3-5,8-9,16-17H2,1-2H3,(H,31,35). The van der Waals surface area contributed by atoms with Crippen molar-refractivity contribution in [3.8, 4) is 0 Å². The minimum atomic E-state index is -4.72. The normalized spacial score (nSPS) is 15.5. The number of carbonyl (C=O) groups is 2. The van der Waals surface area contributed by atoms with Crippen molar-refractivity contribution in [2.24, 2.45) is 0 Å². The van der Waals surface area contributed by atoms with Crippen molar-refractivity contribution in [2.75, 3.05) is 17.1 Å². The molecule has 0 aliphatic heterocycles. The molecule has 0 aromatic heterocycles. The Hall–Kier alpha value is -3.15. The molecular weight excluding hydrogens is 526 g/mol. The fourth-order valence-electron chi connectivity index (χ4n) is 4.39. The van der Waals surface area contributed by atoms with Gasteiger partial charge in [0.1, 0.15) is 18.4 Å². The van der Waals surface area contributed by atoms with Crippen LogP contribution >= 0.6 is 0 Å². The van der Waals surface area contributed by atoms with Crippen molar-refractivity contribution < 1.29 is 35.6 Å². The summed E-state index contributed by atoms with van der Waals surface area (Å²) in [6.45, 7) is 0.523. The van der Waals surface area contributed by atoms with E-state index < -0.39 is 52.0 Å². The lowest BCUT2D eigenvalue weighted by molar-refractivity contribution is -0.139. The summed E-state index contributed by atoms with van der Waals surface area (Å²) in [5.74, 6) is -1.73. The lowest BCUT2D eigenvalue weighted by atomic mass is 9.95. The van der Waals surface area contributed by atoms with Crippen LogP contribution in [0.3, 0.4) is 0 Å². The molecule has 2 aromatic rings. The quantitative estimate of drug-likeness (QED) is 0.461. The molecule has 0 spiro atoms. The molecule has 1 aliphatic carbocycles. The van der Waals surface area contributed by atoms with Gasteiger partial charge in [0.05, 0.1) is 17.5 Å². The summed E-state index contributed by atoms with van der Waals surface area (Å²) in [6.07, 6.45) is 0.695. The van der Waals surface area contributed by atoms with Crippen LogP contribution in [0.5, 0.6) is 0 Å². The Morgan fingerprint density at radius 2 is 1.68 bits per heavy atom. The molecule has 2 amide bonds. The molecule has 1 unspecified atom stereocenters. The Morgan fingerprint density at radius 1 is 1.05 bits per heavy atom. The van der Waals surface area contributed by atoms with E-state index in [0.29, 0.717) is 15.9 Å². The second-order valence-electron chi connectivity index (χ2n) is 9.49. The first kappa shape index (κ1) is 29.4. The number of hydrogen-bond acceptors (Lipinski definition) is 4. The van der Waals surface area contributed by atoms with Gasteiger partial charge in [-0.15, -0.1) is 0 Å². The lowest BCUT2D eigenvalue weighted by Gasteiger charge is -2.33. The van der Waals surface area contributed by atoms with Gasteiger partial charge in [-0.25, -0.2) is 12.8 Å². The van der Waals surface area contributed by atoms with Crippen LogP contribution in [0.25, 0.3) is 0 Å². The number of nitrogens with zero attached hydrogens (tertiary/aromatic N) is 2. The molecule has 0 bridgehead atoms. The van der Waals surface area contributed by atoms with Gasteiger partial charge < -0.3 is 10.2 Å². The predicted molar refractivity (Wildman–Crippen MR) is 135 cm³/mol. The molecule has 208 valence electrons. The van der Waals surface area contributed by atoms with E-state index in [-0.39, 0.29) is 18.3 Å². The van der Waals surface area contributed by atoms with Gasteiger partial charge >= 0.3 is 6.18 Å². The molecule has 1 saturated carbocycles. The number of sulfonamides is 1. The van der Waals surface area contributed by atoms with E-state index in [0.717, 1.165) is 61.5 Å². The predicted octanol–water partition coefficient (Wildman–Crippen LogP) is 4.48. The number of rotatable bonds is 9. The minimum Gasteiger partial charge on any atom is -0.352 e. The Bertz CT molecular complexity index is 1230. The Labute approximate surface area is 219 Å². The molecular formula is C26H31F4N3O4S. The molecule has 12 heteroatoms. The van der Waals surface area contributed by atoms with E-state index >= 15 is 0 Å². The maximum atomic E-state index is 13.5. The highest BCUT2D eigenvalue weighted by atomic mass is 32.2. The van der Waals surface area contributed by atoms with Gasteiger partial charge in [0.15, 0.2) is 0 Å². The fourth-order valence-corrected chi connectivity index (χ4v) is 5.23. The van der Waals surface area contributed by atoms with Crippen LogP contribution in [0, 0.1) is 5.82 Å². The summed E-state index contributed by atoms with van der Waals surface area (Å²) in [5, 5.41) is 2.94. The van der Waals surface area contributed by atoms with E-state index in [1.165, 1.54) is 31.2 Å². The van der Waals surface area contributed by atoms with Crippen LogP contribution in [0.4, 0.5) is 23.2 Å². The van der Waals surface area contributed by atoms with Gasteiger partial charge in [0.25, 0.3) is 0 Å². The number of amides is 2. The second kappa shape index (κ2) is 12.1. The minimum absolute atomic E-state index is 0.0425. The number of halogens is 4. The molecule has 1 atom stereocenters. The molecule has 1 N–H and O–H groups in total. The topological polar surface area (TPSA) is 86.8 Å². The number of anilines is 1. The molecule has 2 aromatic carbocycles. The van der Waals surface area contributed by atoms with Crippen LogP contribution in [0.1, 0.15) is 50.2 Å². The highest BCUT2D eigenvalue weighted by Crippen LogP contribution is 2.32. The van der Waals surface area contributed by atoms with Crippen LogP contribution in [-0.2, 0) is 32.3 Å². The van der Waals surface area contributed by atoms with E-state index in [9.17, 15) is 35.6 Å². The summed E-state index contributed by atoms with van der Waals surface area (Å²) in [7, 11) is -4.19. The Balaban J connectivity index is 1.90. The van der Waals surface area contributed by atoms with Crippen LogP contribution in [-0.4, -0.2) is 50.0 Å². The maximum absolute atomic E-state index is 13.5. The van der Waals surface area contributed by atoms with Crippen LogP contribution in [0.2, 0.25) is 0 Å². The van der Waals surface area contributed by atoms with Crippen LogP contribution < -0.4 is 9.62 Å². The third-order valence-corrected chi connectivity index (χ3v) is 7.67. The van der Waals surface area contributed by atoms with Crippen molar-refractivity contribution in [3.63, 3.8) is 0 Å². The molecule has 3 rings (SSSR count). The Morgan fingerprint density at radius 3 is 2.26 bits per heavy atom. The molecule has 1 aliphatic rings. The first-order valence-electron chi connectivity index (χ1n) is 12.2. The molecule has 38 heavy (non-hydrogen) atoms. The van der Waals surface area contributed by atoms with Gasteiger partial charge in [-0.05, 0) is 55.7 Å². The summed E-state index contributed by atoms with van der Waals surface area (Å²) in [4.78, 5) is 27.7. The third-order valence-electron chi connectivity index (χ3n) is 6.53. The van der Waals surface area contributed by atoms with E-state index in [2.05, 4.69) is 5.32 Å². The number of benzene rings is 2. The summed E-state index contributed by atoms with van der Waals surface area (Å²) in [6, 6.07) is 7.83. The van der Waals surface area contributed by atoms with Crippen molar-refractivity contribution in [3.05, 3.63) is 65.5 Å². The largest absolute Gasteiger partial charge is 0.416 e. The van der Waals surface area contributed by atoms with Crippen LogP contribution in [0.15, 0.2) is 48.5 Å².